The smallest absolute Gasteiger partial charge is 0.155 e. The van der Waals surface area contributed by atoms with E-state index < -0.39 is 73.8 Å². The normalized spacial score (nSPS) is 46.0. The van der Waals surface area contributed by atoms with Crippen LogP contribution in [0.25, 0.3) is 0 Å². The molecule has 0 aromatic rings. The number of hydrogen-bond donors (Lipinski definition) is 5. The molecule has 5 N–H and O–H groups in total. The Morgan fingerprint density at radius 2 is 1.55 bits per heavy atom. The zero-order valence-corrected chi connectivity index (χ0v) is 31.1. The van der Waals surface area contributed by atoms with Gasteiger partial charge in [-0.05, 0) is 74.2 Å². The number of ketones is 2. The summed E-state index contributed by atoms with van der Waals surface area (Å²) in [6.45, 7) is 10.4. The van der Waals surface area contributed by atoms with Crippen LogP contribution < -0.4 is 0 Å². The molecule has 298 valence electrons. The highest BCUT2D eigenvalue weighted by atomic mass is 16.6. The molecular weight excluding hydrogens is 688 g/mol. The summed E-state index contributed by atoms with van der Waals surface area (Å²) in [5, 5.41) is 52.9. The molecule has 8 rings (SSSR count). The third-order valence-corrected chi connectivity index (χ3v) is 12.4. The summed E-state index contributed by atoms with van der Waals surface area (Å²) in [5.41, 5.74) is 1.95. The minimum Gasteiger partial charge on any atom is -0.394 e. The van der Waals surface area contributed by atoms with Crippen LogP contribution in [0.2, 0.25) is 0 Å². The maximum atomic E-state index is 13.8. The van der Waals surface area contributed by atoms with E-state index in [2.05, 4.69) is 20.1 Å². The molecule has 17 atom stereocenters. The van der Waals surface area contributed by atoms with Crippen LogP contribution in [0.5, 0.6) is 0 Å². The fourth-order valence-corrected chi connectivity index (χ4v) is 9.39. The summed E-state index contributed by atoms with van der Waals surface area (Å²) < 4.78 is 37.7. The Kier molecular flexibility index (Phi) is 13.8. The van der Waals surface area contributed by atoms with Gasteiger partial charge in [-0.3, -0.25) is 9.59 Å². The molecule has 53 heavy (non-hydrogen) atoms. The summed E-state index contributed by atoms with van der Waals surface area (Å²) in [7, 11) is 1.56. The van der Waals surface area contributed by atoms with E-state index >= 15 is 0 Å². The summed E-state index contributed by atoms with van der Waals surface area (Å²) in [4.78, 5) is 26.6. The first-order valence-corrected chi connectivity index (χ1v) is 19.6. The van der Waals surface area contributed by atoms with Crippen LogP contribution in [0.3, 0.4) is 0 Å². The van der Waals surface area contributed by atoms with E-state index in [1.165, 1.54) is 12.2 Å². The fraction of sp³-hybridized carbons (Fsp3) is 0.800. The second kappa shape index (κ2) is 17.9. The Labute approximate surface area is 312 Å². The lowest BCUT2D eigenvalue weighted by molar-refractivity contribution is -0.273. The van der Waals surface area contributed by atoms with E-state index in [1.54, 1.807) is 7.11 Å². The van der Waals surface area contributed by atoms with E-state index in [0.717, 1.165) is 30.4 Å². The minimum atomic E-state index is -1.49. The Morgan fingerprint density at radius 3 is 2.30 bits per heavy atom. The monoisotopic (exact) mass is 748 g/mol. The molecule has 0 radical (unpaired) electrons. The van der Waals surface area contributed by atoms with Crippen molar-refractivity contribution in [1.82, 2.24) is 0 Å². The predicted molar refractivity (Wildman–Crippen MR) is 191 cm³/mol. The molecule has 5 fully saturated rings. The van der Waals surface area contributed by atoms with Gasteiger partial charge in [0, 0.05) is 45.1 Å². The van der Waals surface area contributed by atoms with Gasteiger partial charge in [0.25, 0.3) is 0 Å². The number of aliphatic hydroxyl groups excluding tert-OH is 5. The molecule has 0 saturated carbocycles. The summed E-state index contributed by atoms with van der Waals surface area (Å²) in [6, 6.07) is 0. The molecule has 0 amide bonds. The van der Waals surface area contributed by atoms with Gasteiger partial charge in [-0.2, -0.15) is 0 Å². The maximum absolute atomic E-state index is 13.8. The molecule has 0 aliphatic carbocycles. The van der Waals surface area contributed by atoms with Crippen molar-refractivity contribution < 1.29 is 63.5 Å². The van der Waals surface area contributed by atoms with Crippen LogP contribution in [-0.2, 0) is 38.0 Å². The third-order valence-electron chi connectivity index (χ3n) is 12.4. The highest BCUT2D eigenvalue weighted by Crippen LogP contribution is 2.42. The van der Waals surface area contributed by atoms with Gasteiger partial charge in [0.05, 0.1) is 67.6 Å². The van der Waals surface area contributed by atoms with Crippen molar-refractivity contribution in [3.8, 4) is 0 Å². The van der Waals surface area contributed by atoms with Gasteiger partial charge >= 0.3 is 0 Å². The van der Waals surface area contributed by atoms with Crippen molar-refractivity contribution in [3.63, 3.8) is 0 Å². The molecule has 0 aromatic carbocycles. The number of allylic oxidation sites excluding steroid dienone is 1. The molecule has 8 aliphatic heterocycles. The van der Waals surface area contributed by atoms with Crippen molar-refractivity contribution in [1.29, 1.82) is 0 Å². The van der Waals surface area contributed by atoms with E-state index in [-0.39, 0.29) is 73.5 Å². The number of methoxy groups -OCH3 is 1. The number of Topliss-reactive ketones (excluding diaryl/α,β-unsaturated/α-hetero) is 1. The first-order chi connectivity index (χ1) is 25.3. The van der Waals surface area contributed by atoms with Gasteiger partial charge < -0.3 is 54.0 Å². The average Bonchev–Trinajstić information content (AvgIpc) is 3.65. The van der Waals surface area contributed by atoms with Crippen LogP contribution in [0.1, 0.15) is 84.0 Å². The van der Waals surface area contributed by atoms with Crippen molar-refractivity contribution in [3.05, 3.63) is 36.5 Å². The molecule has 8 heterocycles. The second-order valence-corrected chi connectivity index (χ2v) is 16.3. The first-order valence-electron chi connectivity index (χ1n) is 19.6. The molecule has 8 bridgehead atoms. The molecule has 13 heteroatoms. The Morgan fingerprint density at radius 1 is 0.830 bits per heavy atom. The third kappa shape index (κ3) is 9.57. The predicted octanol–water partition coefficient (Wildman–Crippen LogP) is 2.03. The number of carbonyl (C=O) groups is 2. The number of ether oxygens (including phenoxy) is 6. The zero-order chi connectivity index (χ0) is 38.0. The maximum Gasteiger partial charge on any atom is 0.155 e. The average molecular weight is 749 g/mol. The topological polar surface area (TPSA) is 191 Å². The number of fused-ring (bicyclic) bond motifs is 2. The SMILES string of the molecule is C=C1C[C@@H]2CCC(=O)/C=C/[C@H](O)[C@@H]3O[C@H]4CC[C@H](CC(=O)C[C@@H]5[C@@H](OC)[C@@H](C[C@H](O)CO)O[C@H]5C[C@H]5O[C@@H](CC[C@@H]1O2)C[C@@H](C)C5=C)O[C@@H]4[C@H](O)[C@@H]3O. The zero-order valence-electron chi connectivity index (χ0n) is 31.1. The Bertz CT molecular complexity index is 1330. The molecule has 0 aromatic heterocycles. The molecule has 0 unspecified atom stereocenters. The Hall–Kier alpha value is -1.88. The highest BCUT2D eigenvalue weighted by Gasteiger charge is 2.51. The van der Waals surface area contributed by atoms with Crippen molar-refractivity contribution in [2.24, 2.45) is 11.8 Å². The van der Waals surface area contributed by atoms with Crippen LogP contribution in [0.15, 0.2) is 36.5 Å². The van der Waals surface area contributed by atoms with Gasteiger partial charge in [0.15, 0.2) is 5.78 Å². The van der Waals surface area contributed by atoms with E-state index in [9.17, 15) is 35.1 Å². The van der Waals surface area contributed by atoms with Crippen LogP contribution >= 0.6 is 0 Å². The molecule has 8 aliphatic rings. The molecule has 0 spiro atoms. The van der Waals surface area contributed by atoms with Gasteiger partial charge in [-0.1, -0.05) is 20.1 Å². The van der Waals surface area contributed by atoms with Crippen molar-refractivity contribution in [2.45, 2.75) is 176 Å². The lowest BCUT2D eigenvalue weighted by Gasteiger charge is -2.47. The summed E-state index contributed by atoms with van der Waals surface area (Å²) >= 11 is 0. The van der Waals surface area contributed by atoms with E-state index in [1.807, 2.05) is 0 Å². The lowest BCUT2D eigenvalue weighted by atomic mass is 9.81. The first kappa shape index (κ1) is 40.8. The lowest BCUT2D eigenvalue weighted by Crippen LogP contribution is -2.63. The van der Waals surface area contributed by atoms with Gasteiger partial charge in [-0.15, -0.1) is 0 Å². The van der Waals surface area contributed by atoms with Gasteiger partial charge in [-0.25, -0.2) is 0 Å². The van der Waals surface area contributed by atoms with Crippen LogP contribution in [-0.4, -0.2) is 142 Å². The van der Waals surface area contributed by atoms with Crippen LogP contribution in [0, 0.1) is 11.8 Å². The van der Waals surface area contributed by atoms with Crippen LogP contribution in [0.4, 0.5) is 0 Å². The summed E-state index contributed by atoms with van der Waals surface area (Å²) in [6.07, 6.45) is -2.76. The van der Waals surface area contributed by atoms with E-state index in [4.69, 9.17) is 28.4 Å². The van der Waals surface area contributed by atoms with E-state index in [0.29, 0.717) is 32.1 Å². The summed E-state index contributed by atoms with van der Waals surface area (Å²) in [5.74, 6) is -0.461. The van der Waals surface area contributed by atoms with Crippen molar-refractivity contribution >= 4 is 11.6 Å². The largest absolute Gasteiger partial charge is 0.394 e. The van der Waals surface area contributed by atoms with Gasteiger partial charge in [0.2, 0.25) is 0 Å². The number of hydrogen-bond acceptors (Lipinski definition) is 13. The number of rotatable bonds is 4. The molecular formula is C40H60O13. The highest BCUT2D eigenvalue weighted by molar-refractivity contribution is 5.89. The van der Waals surface area contributed by atoms with Gasteiger partial charge in [0.1, 0.15) is 36.3 Å². The molecule has 5 saturated heterocycles. The number of aliphatic hydroxyl groups is 5. The quantitative estimate of drug-likeness (QED) is 0.263. The molecule has 13 nitrogen and oxygen atoms in total. The minimum absolute atomic E-state index is 0.0557. The Balaban J connectivity index is 1.23. The standard InChI is InChI=1S/C40H60O13/c1-20-13-27-8-11-31-21(2)14-26(49-31)7-5-23(42)6-10-30(45)39-36(46)37(47)40-32(53-39)12-9-28(51-40)15-24(43)16-29-34(18-33(50-27)22(20)3)52-35(38(29)48-4)17-25(44)19-41/h6,10,20,25-41,44-47H,2-3,5,7-9,11-19H2,1,4H3/b10-6+/t20-,25+,26+,27+,28-,29+,30+,31+,32+,33-,34+,35-,36+,37-,38-,39+,40+/m1/s1. The van der Waals surface area contributed by atoms with Crippen molar-refractivity contribution in [2.75, 3.05) is 13.7 Å². The fourth-order valence-electron chi connectivity index (χ4n) is 9.39. The second-order valence-electron chi connectivity index (χ2n) is 16.3. The number of carbonyl (C=O) groups excluding carboxylic acids is 2.